The second-order valence-electron chi connectivity index (χ2n) is 6.89. The molecular formula is C20H20N2O4S. The minimum absolute atomic E-state index is 0.0301. The molecule has 2 amide bonds. The fourth-order valence-corrected chi connectivity index (χ4v) is 5.24. The molecule has 1 saturated heterocycles. The van der Waals surface area contributed by atoms with Crippen LogP contribution in [0.2, 0.25) is 0 Å². The van der Waals surface area contributed by atoms with E-state index in [4.69, 9.17) is 0 Å². The summed E-state index contributed by atoms with van der Waals surface area (Å²) in [5.41, 5.74) is 2.93. The van der Waals surface area contributed by atoms with Gasteiger partial charge in [0.25, 0.3) is 5.91 Å². The van der Waals surface area contributed by atoms with Gasteiger partial charge in [0, 0.05) is 12.0 Å². The predicted octanol–water partition coefficient (Wildman–Crippen LogP) is 2.56. The van der Waals surface area contributed by atoms with Crippen molar-refractivity contribution in [3.8, 4) is 0 Å². The second-order valence-corrected chi connectivity index (χ2v) is 8.83. The number of hydrogen-bond acceptors (Lipinski definition) is 4. The lowest BCUT2D eigenvalue weighted by Gasteiger charge is -2.26. The number of sulfonamides is 1. The zero-order chi connectivity index (χ0) is 19.0. The van der Waals surface area contributed by atoms with Gasteiger partial charge in [-0.1, -0.05) is 30.3 Å². The lowest BCUT2D eigenvalue weighted by Crippen LogP contribution is -2.32. The number of amides is 2. The molecule has 0 bridgehead atoms. The fraction of sp³-hybridized carbons (Fsp3) is 0.300. The molecule has 1 aliphatic carbocycles. The molecule has 0 radical (unpaired) electrons. The molecule has 2 aromatic rings. The van der Waals surface area contributed by atoms with Gasteiger partial charge in [-0.15, -0.1) is 0 Å². The van der Waals surface area contributed by atoms with Crippen LogP contribution in [-0.2, 0) is 21.2 Å². The summed E-state index contributed by atoms with van der Waals surface area (Å²) in [6.45, 7) is 0. The Hall–Kier alpha value is -2.67. The summed E-state index contributed by atoms with van der Waals surface area (Å²) < 4.78 is 25.0. The second kappa shape index (κ2) is 6.81. The Morgan fingerprint density at radius 3 is 2.67 bits per heavy atom. The number of rotatable bonds is 3. The lowest BCUT2D eigenvalue weighted by atomic mass is 9.87. The van der Waals surface area contributed by atoms with E-state index in [2.05, 4.69) is 11.4 Å². The van der Waals surface area contributed by atoms with Crippen molar-refractivity contribution >= 4 is 27.5 Å². The van der Waals surface area contributed by atoms with E-state index in [1.165, 1.54) is 17.7 Å². The summed E-state index contributed by atoms with van der Waals surface area (Å²) in [5, 5.41) is 3.05. The van der Waals surface area contributed by atoms with Gasteiger partial charge in [0.1, 0.15) is 0 Å². The van der Waals surface area contributed by atoms with Crippen LogP contribution in [0, 0.1) is 0 Å². The number of fused-ring (bicyclic) bond motifs is 1. The van der Waals surface area contributed by atoms with E-state index in [0.717, 1.165) is 29.1 Å². The van der Waals surface area contributed by atoms with Gasteiger partial charge in [0.05, 0.1) is 17.5 Å². The first kappa shape index (κ1) is 17.7. The molecule has 7 heteroatoms. The van der Waals surface area contributed by atoms with Crippen molar-refractivity contribution in [3.05, 3.63) is 65.2 Å². The Morgan fingerprint density at radius 2 is 1.89 bits per heavy atom. The highest BCUT2D eigenvalue weighted by Crippen LogP contribution is 2.30. The average Bonchev–Trinajstić information content (AvgIpc) is 2.94. The van der Waals surface area contributed by atoms with Crippen molar-refractivity contribution in [1.29, 1.82) is 0 Å². The monoisotopic (exact) mass is 384 g/mol. The fourth-order valence-electron chi connectivity index (χ4n) is 3.79. The number of nitrogens with one attached hydrogen (secondary N) is 1. The van der Waals surface area contributed by atoms with Crippen LogP contribution in [-0.4, -0.2) is 26.0 Å². The van der Waals surface area contributed by atoms with Crippen molar-refractivity contribution in [1.82, 2.24) is 5.32 Å². The number of carbonyl (C=O) groups excluding carboxylic acids is 2. The number of hydrogen-bond donors (Lipinski definition) is 1. The third kappa shape index (κ3) is 3.35. The number of aryl methyl sites for hydroxylation is 1. The van der Waals surface area contributed by atoms with Crippen LogP contribution in [0.3, 0.4) is 0 Å². The SMILES string of the molecule is O=C(NC1CCCc2ccccc21)c1cccc(N2C(=O)CCS2(=O)=O)c1. The zero-order valence-electron chi connectivity index (χ0n) is 14.7. The quantitative estimate of drug-likeness (QED) is 0.882. The molecule has 0 spiro atoms. The molecule has 27 heavy (non-hydrogen) atoms. The summed E-state index contributed by atoms with van der Waals surface area (Å²) in [4.78, 5) is 24.7. The molecule has 0 saturated carbocycles. The minimum atomic E-state index is -3.65. The van der Waals surface area contributed by atoms with Gasteiger partial charge in [-0.05, 0) is 48.6 Å². The molecule has 140 valence electrons. The molecule has 2 aliphatic rings. The topological polar surface area (TPSA) is 83.6 Å². The van der Waals surface area contributed by atoms with E-state index < -0.39 is 15.9 Å². The van der Waals surface area contributed by atoms with Crippen LogP contribution in [0.15, 0.2) is 48.5 Å². The molecule has 2 aromatic carbocycles. The number of benzene rings is 2. The van der Waals surface area contributed by atoms with Gasteiger partial charge in [-0.2, -0.15) is 0 Å². The van der Waals surface area contributed by atoms with Gasteiger partial charge in [0.15, 0.2) is 0 Å². The molecular weight excluding hydrogens is 364 g/mol. The van der Waals surface area contributed by atoms with Crippen LogP contribution in [0.4, 0.5) is 5.69 Å². The molecule has 1 N–H and O–H groups in total. The highest BCUT2D eigenvalue weighted by atomic mass is 32.2. The third-order valence-electron chi connectivity index (χ3n) is 5.10. The number of carbonyl (C=O) groups is 2. The van der Waals surface area contributed by atoms with E-state index in [-0.39, 0.29) is 29.8 Å². The molecule has 1 heterocycles. The maximum atomic E-state index is 12.8. The molecule has 4 rings (SSSR count). The van der Waals surface area contributed by atoms with Gasteiger partial charge in [-0.25, -0.2) is 12.7 Å². The Balaban J connectivity index is 1.58. The summed E-state index contributed by atoms with van der Waals surface area (Å²) in [7, 11) is -3.65. The largest absolute Gasteiger partial charge is 0.345 e. The van der Waals surface area contributed by atoms with Crippen molar-refractivity contribution in [2.24, 2.45) is 0 Å². The zero-order valence-corrected chi connectivity index (χ0v) is 15.5. The average molecular weight is 384 g/mol. The predicted molar refractivity (Wildman–Crippen MR) is 102 cm³/mol. The summed E-state index contributed by atoms with van der Waals surface area (Å²) in [6.07, 6.45) is 2.84. The first-order valence-electron chi connectivity index (χ1n) is 9.00. The Kier molecular flexibility index (Phi) is 4.47. The van der Waals surface area contributed by atoms with Crippen LogP contribution >= 0.6 is 0 Å². The maximum Gasteiger partial charge on any atom is 0.251 e. The molecule has 1 unspecified atom stereocenters. The van der Waals surface area contributed by atoms with Gasteiger partial charge >= 0.3 is 0 Å². The van der Waals surface area contributed by atoms with Gasteiger partial charge < -0.3 is 5.32 Å². The van der Waals surface area contributed by atoms with Crippen LogP contribution in [0.5, 0.6) is 0 Å². The van der Waals surface area contributed by atoms with E-state index in [1.54, 1.807) is 12.1 Å². The van der Waals surface area contributed by atoms with E-state index in [1.807, 2.05) is 18.2 Å². The lowest BCUT2D eigenvalue weighted by molar-refractivity contribution is -0.116. The Morgan fingerprint density at radius 1 is 1.07 bits per heavy atom. The van der Waals surface area contributed by atoms with E-state index in [0.29, 0.717) is 5.56 Å². The summed E-state index contributed by atoms with van der Waals surface area (Å²) in [6, 6.07) is 14.2. The number of nitrogens with zero attached hydrogens (tertiary/aromatic N) is 1. The van der Waals surface area contributed by atoms with Gasteiger partial charge in [0.2, 0.25) is 15.9 Å². The summed E-state index contributed by atoms with van der Waals surface area (Å²) in [5.74, 6) is -0.933. The number of anilines is 1. The molecule has 1 atom stereocenters. The van der Waals surface area contributed by atoms with E-state index in [9.17, 15) is 18.0 Å². The van der Waals surface area contributed by atoms with Crippen LogP contribution in [0.25, 0.3) is 0 Å². The standard InChI is InChI=1S/C20H20N2O4S/c23-19-11-12-27(25,26)22(19)16-8-3-7-15(13-16)20(24)21-18-10-4-6-14-5-1-2-9-17(14)18/h1-3,5,7-9,13,18H,4,6,10-12H2,(H,21,24). The Bertz CT molecular complexity index is 1020. The smallest absolute Gasteiger partial charge is 0.251 e. The highest BCUT2D eigenvalue weighted by Gasteiger charge is 2.36. The Labute approximate surface area is 158 Å². The third-order valence-corrected chi connectivity index (χ3v) is 6.79. The van der Waals surface area contributed by atoms with Crippen molar-refractivity contribution in [3.63, 3.8) is 0 Å². The van der Waals surface area contributed by atoms with Crippen LogP contribution < -0.4 is 9.62 Å². The summed E-state index contributed by atoms with van der Waals surface area (Å²) >= 11 is 0. The first-order valence-corrected chi connectivity index (χ1v) is 10.6. The van der Waals surface area contributed by atoms with Gasteiger partial charge in [-0.3, -0.25) is 9.59 Å². The van der Waals surface area contributed by atoms with Crippen LogP contribution in [0.1, 0.15) is 46.8 Å². The minimum Gasteiger partial charge on any atom is -0.345 e. The molecule has 1 fully saturated rings. The molecule has 0 aromatic heterocycles. The van der Waals surface area contributed by atoms with E-state index >= 15 is 0 Å². The molecule has 1 aliphatic heterocycles. The molecule has 6 nitrogen and oxygen atoms in total. The highest BCUT2D eigenvalue weighted by molar-refractivity contribution is 7.94. The first-order chi connectivity index (χ1) is 13.0. The van der Waals surface area contributed by atoms with Crippen molar-refractivity contribution < 1.29 is 18.0 Å². The maximum absolute atomic E-state index is 12.8. The van der Waals surface area contributed by atoms with Crippen molar-refractivity contribution in [2.45, 2.75) is 31.7 Å². The van der Waals surface area contributed by atoms with Crippen molar-refractivity contribution in [2.75, 3.05) is 10.1 Å². The normalized spacial score (nSPS) is 21.0.